The van der Waals surface area contributed by atoms with Gasteiger partial charge in [-0.15, -0.1) is 0 Å². The molecule has 2 unspecified atom stereocenters. The zero-order valence-electron chi connectivity index (χ0n) is 16.6. The van der Waals surface area contributed by atoms with Gasteiger partial charge in [0.2, 0.25) is 5.91 Å². The molecule has 2 aromatic rings. The highest BCUT2D eigenvalue weighted by Crippen LogP contribution is 2.49. The highest BCUT2D eigenvalue weighted by atomic mass is 19.1. The number of pyridine rings is 1. The number of amides is 1. The van der Waals surface area contributed by atoms with Crippen molar-refractivity contribution in [3.8, 4) is 6.07 Å². The van der Waals surface area contributed by atoms with E-state index in [-0.39, 0.29) is 30.4 Å². The van der Waals surface area contributed by atoms with Crippen molar-refractivity contribution < 1.29 is 13.9 Å². The summed E-state index contributed by atoms with van der Waals surface area (Å²) in [5.41, 5.74) is 0.849. The summed E-state index contributed by atoms with van der Waals surface area (Å²) in [5, 5.41) is 8.97. The Balaban J connectivity index is 1.22. The van der Waals surface area contributed by atoms with E-state index in [2.05, 4.69) is 16.0 Å². The number of halogens is 1. The molecule has 3 fully saturated rings. The number of carbonyl (C=O) groups excluding carboxylic acids is 1. The summed E-state index contributed by atoms with van der Waals surface area (Å²) in [6.07, 6.45) is 5.26. The number of piperazine rings is 1. The number of hydrogen-bond donors (Lipinski definition) is 0. The highest BCUT2D eigenvalue weighted by molar-refractivity contribution is 5.78. The van der Waals surface area contributed by atoms with Crippen LogP contribution in [0.5, 0.6) is 0 Å². The number of nitrogens with zero attached hydrogens (tertiary/aromatic N) is 4. The predicted octanol–water partition coefficient (Wildman–Crippen LogP) is 2.98. The number of anilines is 1. The Labute approximate surface area is 174 Å². The molecule has 1 aromatic heterocycles. The Bertz CT molecular complexity index is 985. The molecule has 1 aliphatic carbocycles. The minimum Gasteiger partial charge on any atom is -0.360 e. The summed E-state index contributed by atoms with van der Waals surface area (Å²) >= 11 is 0. The first-order valence-electron chi connectivity index (χ1n) is 10.4. The summed E-state index contributed by atoms with van der Waals surface area (Å²) in [7, 11) is 0. The van der Waals surface area contributed by atoms with Crippen LogP contribution in [0.1, 0.15) is 36.8 Å². The normalized spacial score (nSPS) is 23.9. The van der Waals surface area contributed by atoms with Gasteiger partial charge in [-0.05, 0) is 55.5 Å². The van der Waals surface area contributed by atoms with E-state index < -0.39 is 5.60 Å². The molecule has 5 rings (SSSR count). The minimum absolute atomic E-state index is 0.0120. The molecule has 7 heteroatoms. The van der Waals surface area contributed by atoms with Gasteiger partial charge < -0.3 is 14.5 Å². The van der Waals surface area contributed by atoms with Gasteiger partial charge in [0.05, 0.1) is 11.2 Å². The van der Waals surface area contributed by atoms with E-state index in [1.54, 1.807) is 18.3 Å². The van der Waals surface area contributed by atoms with E-state index in [4.69, 9.17) is 10.00 Å². The first kappa shape index (κ1) is 19.0. The van der Waals surface area contributed by atoms with Gasteiger partial charge in [-0.3, -0.25) is 4.79 Å². The van der Waals surface area contributed by atoms with Gasteiger partial charge >= 0.3 is 0 Å². The molecule has 2 saturated heterocycles. The Kier molecular flexibility index (Phi) is 4.67. The lowest BCUT2D eigenvalue weighted by Crippen LogP contribution is -2.56. The maximum Gasteiger partial charge on any atom is 0.248 e. The van der Waals surface area contributed by atoms with Gasteiger partial charge in [-0.2, -0.15) is 5.26 Å². The third-order valence-corrected chi connectivity index (χ3v) is 6.50. The number of nitriles is 1. The maximum absolute atomic E-state index is 13.6. The monoisotopic (exact) mass is 406 g/mol. The van der Waals surface area contributed by atoms with Crippen LogP contribution in [0, 0.1) is 17.1 Å². The van der Waals surface area contributed by atoms with Crippen LogP contribution in [0.3, 0.4) is 0 Å². The van der Waals surface area contributed by atoms with E-state index in [1.807, 2.05) is 17.0 Å². The van der Waals surface area contributed by atoms with Crippen molar-refractivity contribution in [1.82, 2.24) is 9.88 Å². The number of likely N-dealkylation sites (tertiary alicyclic amines) is 1. The van der Waals surface area contributed by atoms with Crippen LogP contribution in [0.15, 0.2) is 42.6 Å². The van der Waals surface area contributed by atoms with Crippen molar-refractivity contribution in [1.29, 1.82) is 5.26 Å². The van der Waals surface area contributed by atoms with Crippen molar-refractivity contribution in [2.24, 2.45) is 0 Å². The molecule has 0 spiro atoms. The third kappa shape index (κ3) is 3.41. The molecule has 2 atom stereocenters. The average Bonchev–Trinajstić information content (AvgIpc) is 3.52. The Morgan fingerprint density at radius 1 is 1.23 bits per heavy atom. The number of ether oxygens (including phenoxy) is 1. The van der Waals surface area contributed by atoms with Gasteiger partial charge in [0, 0.05) is 31.4 Å². The first-order valence-corrected chi connectivity index (χ1v) is 10.4. The molecule has 0 N–H and O–H groups in total. The van der Waals surface area contributed by atoms with Crippen molar-refractivity contribution >= 4 is 11.7 Å². The van der Waals surface area contributed by atoms with Gasteiger partial charge in [0.25, 0.3) is 0 Å². The number of hydrogen-bond acceptors (Lipinski definition) is 5. The molecule has 2 bridgehead atoms. The van der Waals surface area contributed by atoms with Gasteiger partial charge in [0.15, 0.2) is 0 Å². The first-order chi connectivity index (χ1) is 14.6. The standard InChI is InChI=1S/C23H23FN4O2/c24-18-3-1-2-17(10-18)23(8-9-23)30-15-22(29)27-13-19-5-6-20(14-27)28(19)21-7-4-16(11-25)12-26-21/h1-4,7,10,12,19-20H,5-6,8-9,13-15H2. The van der Waals surface area contributed by atoms with E-state index in [0.29, 0.717) is 18.7 Å². The van der Waals surface area contributed by atoms with Crippen molar-refractivity contribution in [3.05, 3.63) is 59.5 Å². The second-order valence-electron chi connectivity index (χ2n) is 8.40. The second-order valence-corrected chi connectivity index (χ2v) is 8.40. The van der Waals surface area contributed by atoms with E-state index in [0.717, 1.165) is 37.1 Å². The van der Waals surface area contributed by atoms with Crippen LogP contribution in [-0.2, 0) is 15.1 Å². The van der Waals surface area contributed by atoms with Crippen LogP contribution in [0.2, 0.25) is 0 Å². The lowest BCUT2D eigenvalue weighted by molar-refractivity contribution is -0.140. The number of benzene rings is 1. The molecule has 2 aliphatic heterocycles. The molecule has 30 heavy (non-hydrogen) atoms. The Hall–Kier alpha value is -2.98. The van der Waals surface area contributed by atoms with Gasteiger partial charge in [-0.25, -0.2) is 9.37 Å². The molecule has 1 amide bonds. The molecule has 1 aromatic carbocycles. The molecule has 3 aliphatic rings. The summed E-state index contributed by atoms with van der Waals surface area (Å²) in [4.78, 5) is 21.5. The lowest BCUT2D eigenvalue weighted by atomic mass is 10.1. The number of fused-ring (bicyclic) bond motifs is 2. The van der Waals surface area contributed by atoms with Crippen molar-refractivity contribution in [2.75, 3.05) is 24.6 Å². The van der Waals surface area contributed by atoms with Crippen LogP contribution in [0.4, 0.5) is 10.2 Å². The average molecular weight is 406 g/mol. The third-order valence-electron chi connectivity index (χ3n) is 6.50. The molecular formula is C23H23FN4O2. The van der Waals surface area contributed by atoms with Crippen LogP contribution >= 0.6 is 0 Å². The van der Waals surface area contributed by atoms with Crippen LogP contribution < -0.4 is 4.90 Å². The molecule has 154 valence electrons. The van der Waals surface area contributed by atoms with E-state index in [9.17, 15) is 9.18 Å². The fraction of sp³-hybridized carbons (Fsp3) is 0.435. The number of rotatable bonds is 5. The number of carbonyl (C=O) groups is 1. The topological polar surface area (TPSA) is 69.5 Å². The fourth-order valence-corrected chi connectivity index (χ4v) is 4.78. The van der Waals surface area contributed by atoms with Gasteiger partial charge in [0.1, 0.15) is 24.3 Å². The van der Waals surface area contributed by atoms with Crippen LogP contribution in [-0.4, -0.2) is 47.6 Å². The predicted molar refractivity (Wildman–Crippen MR) is 108 cm³/mol. The summed E-state index contributed by atoms with van der Waals surface area (Å²) < 4.78 is 19.6. The Morgan fingerprint density at radius 3 is 2.60 bits per heavy atom. The molecule has 6 nitrogen and oxygen atoms in total. The molecule has 3 heterocycles. The van der Waals surface area contributed by atoms with E-state index >= 15 is 0 Å². The summed E-state index contributed by atoms with van der Waals surface area (Å²) in [5.74, 6) is 0.577. The maximum atomic E-state index is 13.6. The second kappa shape index (κ2) is 7.37. The SMILES string of the molecule is N#Cc1ccc(N2C3CCC2CN(C(=O)COC2(c4cccc(F)c4)CC2)C3)nc1. The van der Waals surface area contributed by atoms with Crippen molar-refractivity contribution in [3.63, 3.8) is 0 Å². The molecule has 1 saturated carbocycles. The molecule has 0 radical (unpaired) electrons. The van der Waals surface area contributed by atoms with Gasteiger partial charge in [-0.1, -0.05) is 12.1 Å². The Morgan fingerprint density at radius 2 is 2.00 bits per heavy atom. The lowest BCUT2D eigenvalue weighted by Gasteiger charge is -2.41. The fourth-order valence-electron chi connectivity index (χ4n) is 4.78. The van der Waals surface area contributed by atoms with E-state index in [1.165, 1.54) is 12.1 Å². The quantitative estimate of drug-likeness (QED) is 0.764. The zero-order chi connectivity index (χ0) is 20.7. The summed E-state index contributed by atoms with van der Waals surface area (Å²) in [6.45, 7) is 1.31. The van der Waals surface area contributed by atoms with Crippen LogP contribution in [0.25, 0.3) is 0 Å². The smallest absolute Gasteiger partial charge is 0.248 e. The summed E-state index contributed by atoms with van der Waals surface area (Å²) in [6, 6.07) is 12.7. The van der Waals surface area contributed by atoms with Crippen molar-refractivity contribution in [2.45, 2.75) is 43.4 Å². The minimum atomic E-state index is -0.509. The number of aromatic nitrogens is 1. The zero-order valence-corrected chi connectivity index (χ0v) is 16.6. The molecular weight excluding hydrogens is 383 g/mol. The highest BCUT2D eigenvalue weighted by Gasteiger charge is 2.47. The largest absolute Gasteiger partial charge is 0.360 e.